The first kappa shape index (κ1) is 34.8. The van der Waals surface area contributed by atoms with Crippen molar-refractivity contribution in [1.82, 2.24) is 10.6 Å². The first-order valence-corrected chi connectivity index (χ1v) is 13.7. The summed E-state index contributed by atoms with van der Waals surface area (Å²) in [6, 6.07) is 9.35. The third kappa shape index (κ3) is 17.9. The third-order valence-electron chi connectivity index (χ3n) is 4.59. The van der Waals surface area contributed by atoms with Gasteiger partial charge in [0.1, 0.15) is 25.9 Å². The van der Waals surface area contributed by atoms with Gasteiger partial charge in [-0.25, -0.2) is 19.2 Å². The van der Waals surface area contributed by atoms with Crippen LogP contribution in [0.3, 0.4) is 0 Å². The highest BCUT2D eigenvalue weighted by Crippen LogP contribution is 2.10. The molecule has 0 aliphatic carbocycles. The lowest BCUT2D eigenvalue weighted by Crippen LogP contribution is -2.37. The lowest BCUT2D eigenvalue weighted by Gasteiger charge is -2.18. The number of amides is 2. The highest BCUT2D eigenvalue weighted by molar-refractivity contribution is 7.99. The maximum absolute atomic E-state index is 12.2. The molecule has 1 aromatic carbocycles. The van der Waals surface area contributed by atoms with Crippen molar-refractivity contribution in [2.45, 2.75) is 26.4 Å². The van der Waals surface area contributed by atoms with Crippen LogP contribution in [0.5, 0.6) is 0 Å². The largest absolute Gasteiger partial charge is 0.460 e. The molecule has 12 nitrogen and oxygen atoms in total. The van der Waals surface area contributed by atoms with Gasteiger partial charge in [0.25, 0.3) is 0 Å². The van der Waals surface area contributed by atoms with E-state index in [1.807, 2.05) is 30.3 Å². The molecule has 1 atom stereocenters. The van der Waals surface area contributed by atoms with Gasteiger partial charge in [-0.05, 0) is 25.5 Å². The molecule has 0 spiro atoms. The van der Waals surface area contributed by atoms with Crippen molar-refractivity contribution in [3.05, 3.63) is 66.5 Å². The minimum atomic E-state index is -0.862. The number of ether oxygens (including phenoxy) is 5. The predicted molar refractivity (Wildman–Crippen MR) is 153 cm³/mol. The Hall–Kier alpha value is -4.26. The molecule has 2 N–H and O–H groups in total. The first-order valence-electron chi connectivity index (χ1n) is 12.6. The zero-order valence-electron chi connectivity index (χ0n) is 23.2. The summed E-state index contributed by atoms with van der Waals surface area (Å²) in [5, 5.41) is 4.84. The van der Waals surface area contributed by atoms with Crippen molar-refractivity contribution in [3.63, 3.8) is 0 Å². The van der Waals surface area contributed by atoms with Gasteiger partial charge in [-0.15, -0.1) is 0 Å². The van der Waals surface area contributed by atoms with Gasteiger partial charge < -0.3 is 34.3 Å². The highest BCUT2D eigenvalue weighted by atomic mass is 32.2. The van der Waals surface area contributed by atoms with Crippen molar-refractivity contribution in [2.75, 3.05) is 44.4 Å². The van der Waals surface area contributed by atoms with Crippen LogP contribution in [0.1, 0.15) is 25.8 Å². The molecule has 0 saturated heterocycles. The number of carbonyl (C=O) groups is 5. The molecule has 1 unspecified atom stereocenters. The number of benzene rings is 1. The lowest BCUT2D eigenvalue weighted by atomic mass is 10.2. The Labute approximate surface area is 243 Å². The number of nitrogens with one attached hydrogen (secondary N) is 2. The van der Waals surface area contributed by atoms with Crippen LogP contribution in [-0.2, 0) is 38.1 Å². The second-order valence-corrected chi connectivity index (χ2v) is 9.49. The number of hydrogen-bond donors (Lipinski definition) is 2. The SMILES string of the molecule is C=C(C)C(=O)OCCNC(=O)OCC(CSCCC(=O)OC=Cc1ccccc1)OC(=O)NCCOC(=O)C(=C)C. The van der Waals surface area contributed by atoms with E-state index in [9.17, 15) is 24.0 Å². The van der Waals surface area contributed by atoms with Gasteiger partial charge in [-0.3, -0.25) is 4.79 Å². The van der Waals surface area contributed by atoms with Crippen LogP contribution in [0.15, 0.2) is 60.9 Å². The minimum Gasteiger partial charge on any atom is -0.460 e. The summed E-state index contributed by atoms with van der Waals surface area (Å²) in [5.74, 6) is -1.04. The molecule has 0 heterocycles. The topological polar surface area (TPSA) is 156 Å². The van der Waals surface area contributed by atoms with Crippen molar-refractivity contribution in [2.24, 2.45) is 0 Å². The number of carbonyl (C=O) groups excluding carboxylic acids is 5. The minimum absolute atomic E-state index is 0.00233. The van der Waals surface area contributed by atoms with Crippen LogP contribution in [0.25, 0.3) is 6.08 Å². The van der Waals surface area contributed by atoms with E-state index >= 15 is 0 Å². The van der Waals surface area contributed by atoms with Crippen LogP contribution in [0.4, 0.5) is 9.59 Å². The molecule has 13 heteroatoms. The van der Waals surface area contributed by atoms with Crippen molar-refractivity contribution < 1.29 is 47.7 Å². The first-order chi connectivity index (χ1) is 19.6. The standard InChI is InChI=1S/C28H36N2O10S/c1-20(2)25(32)37-15-12-29-27(34)39-18-23(40-28(35)30-13-16-38-26(33)21(3)4)19-41-17-11-24(31)36-14-10-22-8-6-5-7-9-22/h5-10,14,23H,1,3,11-13,15-19H2,2,4H3,(H,29,34)(H,30,35). The molecule has 1 aromatic rings. The molecular weight excluding hydrogens is 556 g/mol. The van der Waals surface area contributed by atoms with E-state index in [0.29, 0.717) is 5.75 Å². The Kier molecular flexibility index (Phi) is 17.5. The summed E-state index contributed by atoms with van der Waals surface area (Å²) < 4.78 is 25.3. The molecule has 0 aromatic heterocycles. The van der Waals surface area contributed by atoms with E-state index in [4.69, 9.17) is 23.7 Å². The van der Waals surface area contributed by atoms with E-state index in [-0.39, 0.29) is 56.2 Å². The smallest absolute Gasteiger partial charge is 0.407 e. The van der Waals surface area contributed by atoms with Gasteiger partial charge in [0.2, 0.25) is 0 Å². The Bertz CT molecular complexity index is 1070. The summed E-state index contributed by atoms with van der Waals surface area (Å²) in [6.07, 6.45) is 0.594. The molecule has 224 valence electrons. The molecule has 0 fully saturated rings. The second-order valence-electron chi connectivity index (χ2n) is 8.34. The van der Waals surface area contributed by atoms with Gasteiger partial charge >= 0.3 is 30.1 Å². The van der Waals surface area contributed by atoms with E-state index < -0.39 is 36.2 Å². The molecule has 1 rings (SSSR count). The monoisotopic (exact) mass is 592 g/mol. The molecule has 0 bridgehead atoms. The second kappa shape index (κ2) is 20.6. The zero-order chi connectivity index (χ0) is 30.5. The number of hydrogen-bond acceptors (Lipinski definition) is 11. The molecule has 41 heavy (non-hydrogen) atoms. The highest BCUT2D eigenvalue weighted by Gasteiger charge is 2.18. The predicted octanol–water partition coefficient (Wildman–Crippen LogP) is 3.38. The Morgan fingerprint density at radius 1 is 0.878 bits per heavy atom. The quantitative estimate of drug-likeness (QED) is 0.0847. The summed E-state index contributed by atoms with van der Waals surface area (Å²) in [6.45, 7) is 9.46. The average Bonchev–Trinajstić information content (AvgIpc) is 2.94. The van der Waals surface area contributed by atoms with Crippen molar-refractivity contribution in [3.8, 4) is 0 Å². The normalized spacial score (nSPS) is 11.1. The summed E-state index contributed by atoms with van der Waals surface area (Å²) in [4.78, 5) is 58.9. The zero-order valence-corrected chi connectivity index (χ0v) is 24.0. The molecule has 0 aliphatic rings. The van der Waals surface area contributed by atoms with E-state index in [2.05, 4.69) is 23.8 Å². The van der Waals surface area contributed by atoms with Crippen LogP contribution in [-0.4, -0.2) is 80.6 Å². The third-order valence-corrected chi connectivity index (χ3v) is 5.69. The van der Waals surface area contributed by atoms with Crippen LogP contribution >= 0.6 is 11.8 Å². The van der Waals surface area contributed by atoms with E-state index in [0.717, 1.165) is 5.56 Å². The fourth-order valence-electron chi connectivity index (χ4n) is 2.55. The molecule has 0 radical (unpaired) electrons. The number of thioether (sulfide) groups is 1. The van der Waals surface area contributed by atoms with Gasteiger partial charge in [0.15, 0.2) is 0 Å². The number of esters is 3. The van der Waals surface area contributed by atoms with Crippen LogP contribution in [0, 0.1) is 0 Å². The Balaban J connectivity index is 2.46. The van der Waals surface area contributed by atoms with Crippen molar-refractivity contribution >= 4 is 47.9 Å². The van der Waals surface area contributed by atoms with Gasteiger partial charge in [0.05, 0.1) is 25.8 Å². The maximum atomic E-state index is 12.2. The molecule has 0 saturated carbocycles. The number of rotatable bonds is 18. The van der Waals surface area contributed by atoms with Crippen LogP contribution in [0.2, 0.25) is 0 Å². The summed E-state index contributed by atoms with van der Waals surface area (Å²) in [5.41, 5.74) is 1.35. The van der Waals surface area contributed by atoms with Gasteiger partial charge in [0, 0.05) is 22.7 Å². The van der Waals surface area contributed by atoms with E-state index in [1.54, 1.807) is 6.08 Å². The van der Waals surface area contributed by atoms with Crippen LogP contribution < -0.4 is 10.6 Å². The fourth-order valence-corrected chi connectivity index (χ4v) is 3.46. The lowest BCUT2D eigenvalue weighted by molar-refractivity contribution is -0.139. The van der Waals surface area contributed by atoms with Gasteiger partial charge in [-0.1, -0.05) is 43.5 Å². The summed E-state index contributed by atoms with van der Waals surface area (Å²) >= 11 is 1.29. The summed E-state index contributed by atoms with van der Waals surface area (Å²) in [7, 11) is 0. The average molecular weight is 593 g/mol. The van der Waals surface area contributed by atoms with Gasteiger partial charge in [-0.2, -0.15) is 11.8 Å². The number of alkyl carbamates (subject to hydrolysis) is 2. The fraction of sp³-hybridized carbons (Fsp3) is 0.393. The molecule has 2 amide bonds. The van der Waals surface area contributed by atoms with E-state index in [1.165, 1.54) is 31.9 Å². The Morgan fingerprint density at radius 3 is 2.05 bits per heavy atom. The Morgan fingerprint density at radius 2 is 1.46 bits per heavy atom. The molecule has 0 aliphatic heterocycles. The maximum Gasteiger partial charge on any atom is 0.407 e. The van der Waals surface area contributed by atoms with Crippen molar-refractivity contribution in [1.29, 1.82) is 0 Å². The molecular formula is C28H36N2O10S.